The van der Waals surface area contributed by atoms with Crippen molar-refractivity contribution in [2.24, 2.45) is 0 Å². The van der Waals surface area contributed by atoms with Crippen LogP contribution in [0.2, 0.25) is 0 Å². The minimum atomic E-state index is 0.00450. The molecule has 4 heteroatoms. The summed E-state index contributed by atoms with van der Waals surface area (Å²) >= 11 is 7.17. The Morgan fingerprint density at radius 3 is 2.71 bits per heavy atom. The van der Waals surface area contributed by atoms with Crippen LogP contribution in [0.3, 0.4) is 0 Å². The maximum absolute atomic E-state index is 11.3. The molecule has 0 radical (unpaired) electrons. The first-order valence-electron chi connectivity index (χ1n) is 5.40. The Hall–Kier alpha value is -0.930. The molecule has 92 valence electrons. The maximum atomic E-state index is 11.3. The molecule has 1 aromatic rings. The fourth-order valence-corrected chi connectivity index (χ4v) is 2.12. The highest BCUT2D eigenvalue weighted by atomic mass is 35.5. The highest BCUT2D eigenvalue weighted by molar-refractivity contribution is 7.99. The molecule has 0 aliphatic heterocycles. The van der Waals surface area contributed by atoms with Gasteiger partial charge in [-0.3, -0.25) is 4.79 Å². The van der Waals surface area contributed by atoms with Crippen LogP contribution in [0.4, 0.5) is 0 Å². The Morgan fingerprint density at radius 1 is 1.35 bits per heavy atom. The zero-order valence-corrected chi connectivity index (χ0v) is 11.2. The van der Waals surface area contributed by atoms with Crippen molar-refractivity contribution < 1.29 is 4.79 Å². The first kappa shape index (κ1) is 14.1. The number of halogens is 1. The van der Waals surface area contributed by atoms with Gasteiger partial charge in [-0.25, -0.2) is 0 Å². The van der Waals surface area contributed by atoms with E-state index in [-0.39, 0.29) is 5.91 Å². The number of carbonyl (C=O) groups excluding carboxylic acids is 1. The van der Waals surface area contributed by atoms with E-state index >= 15 is 0 Å². The van der Waals surface area contributed by atoms with Crippen molar-refractivity contribution in [2.45, 2.75) is 6.42 Å². The second kappa shape index (κ2) is 8.20. The van der Waals surface area contributed by atoms with E-state index in [0.717, 1.165) is 12.2 Å². The molecule has 0 atom stereocenters. The van der Waals surface area contributed by atoms with Gasteiger partial charge in [-0.2, -0.15) is 11.8 Å². The van der Waals surface area contributed by atoms with Crippen molar-refractivity contribution >= 4 is 29.3 Å². The summed E-state index contributed by atoms with van der Waals surface area (Å²) in [4.78, 5) is 11.3. The van der Waals surface area contributed by atoms with Gasteiger partial charge in [0.25, 0.3) is 0 Å². The summed E-state index contributed by atoms with van der Waals surface area (Å²) in [7, 11) is 0. The molecule has 0 saturated heterocycles. The fraction of sp³-hybridized carbons (Fsp3) is 0.308. The largest absolute Gasteiger partial charge is 0.350 e. The van der Waals surface area contributed by atoms with E-state index in [9.17, 15) is 4.79 Å². The highest BCUT2D eigenvalue weighted by Gasteiger charge is 2.01. The van der Waals surface area contributed by atoms with E-state index in [2.05, 4.69) is 24.0 Å². The molecule has 0 spiro atoms. The second-order valence-electron chi connectivity index (χ2n) is 3.58. The second-order valence-corrected chi connectivity index (χ2v) is 5.22. The van der Waals surface area contributed by atoms with E-state index in [1.54, 1.807) is 11.8 Å². The maximum Gasteiger partial charge on any atom is 0.230 e. The van der Waals surface area contributed by atoms with Crippen LogP contribution in [0.15, 0.2) is 41.9 Å². The Kier molecular flexibility index (Phi) is 6.82. The number of hydrogen-bond acceptors (Lipinski definition) is 2. The van der Waals surface area contributed by atoms with Crippen molar-refractivity contribution in [1.29, 1.82) is 0 Å². The van der Waals surface area contributed by atoms with Crippen LogP contribution in [0, 0.1) is 0 Å². The van der Waals surface area contributed by atoms with Gasteiger partial charge in [0.2, 0.25) is 5.91 Å². The minimum absolute atomic E-state index is 0.00450. The van der Waals surface area contributed by atoms with Crippen molar-refractivity contribution in [2.75, 3.05) is 18.1 Å². The molecule has 0 unspecified atom stereocenters. The van der Waals surface area contributed by atoms with Crippen LogP contribution in [0.5, 0.6) is 0 Å². The summed E-state index contributed by atoms with van der Waals surface area (Å²) in [6, 6.07) is 10.2. The molecule has 1 aromatic carbocycles. The molecule has 0 heterocycles. The first-order chi connectivity index (χ1) is 8.18. The monoisotopic (exact) mass is 269 g/mol. The number of aryl methyl sites for hydroxylation is 1. The van der Waals surface area contributed by atoms with Crippen LogP contribution in [0.25, 0.3) is 0 Å². The summed E-state index contributed by atoms with van der Waals surface area (Å²) < 4.78 is 0. The number of amides is 1. The van der Waals surface area contributed by atoms with Gasteiger partial charge >= 0.3 is 0 Å². The van der Waals surface area contributed by atoms with Gasteiger partial charge in [0.15, 0.2) is 0 Å². The Bertz CT molecular complexity index is 367. The molecule has 0 fully saturated rings. The number of carbonyl (C=O) groups is 1. The van der Waals surface area contributed by atoms with Gasteiger partial charge < -0.3 is 5.32 Å². The van der Waals surface area contributed by atoms with E-state index in [4.69, 9.17) is 11.6 Å². The predicted molar refractivity (Wildman–Crippen MR) is 75.5 cm³/mol. The van der Waals surface area contributed by atoms with E-state index in [1.807, 2.05) is 18.2 Å². The molecule has 0 aliphatic rings. The zero-order valence-electron chi connectivity index (χ0n) is 9.62. The molecule has 0 aliphatic carbocycles. The number of rotatable bonds is 7. The molecule has 1 N–H and O–H groups in total. The SMILES string of the molecule is C=C(Cl)CNC(=O)CSCCc1ccccc1. The molecule has 0 aromatic heterocycles. The number of hydrogen-bond donors (Lipinski definition) is 1. The predicted octanol–water partition coefficient (Wildman–Crippen LogP) is 2.83. The third-order valence-electron chi connectivity index (χ3n) is 2.09. The smallest absolute Gasteiger partial charge is 0.230 e. The summed E-state index contributed by atoms with van der Waals surface area (Å²) in [5.41, 5.74) is 1.30. The number of nitrogens with one attached hydrogen (secondary N) is 1. The normalized spacial score (nSPS) is 9.94. The lowest BCUT2D eigenvalue weighted by molar-refractivity contribution is -0.118. The molecule has 0 bridgehead atoms. The standard InChI is InChI=1S/C13H16ClNOS/c1-11(14)9-15-13(16)10-17-8-7-12-5-3-2-4-6-12/h2-6H,1,7-10H2,(H,15,16). The molecule has 1 rings (SSSR count). The van der Waals surface area contributed by atoms with Gasteiger partial charge in [-0.15, -0.1) is 0 Å². The summed E-state index contributed by atoms with van der Waals surface area (Å²) in [5, 5.41) is 3.14. The van der Waals surface area contributed by atoms with Crippen molar-refractivity contribution in [3.05, 3.63) is 47.5 Å². The van der Waals surface area contributed by atoms with Gasteiger partial charge in [-0.1, -0.05) is 48.5 Å². The average molecular weight is 270 g/mol. The van der Waals surface area contributed by atoms with Gasteiger partial charge in [0, 0.05) is 5.03 Å². The summed E-state index contributed by atoms with van der Waals surface area (Å²) in [6.45, 7) is 3.85. The Labute approximate surface area is 111 Å². The van der Waals surface area contributed by atoms with Gasteiger partial charge in [0.05, 0.1) is 12.3 Å². The summed E-state index contributed by atoms with van der Waals surface area (Å²) in [5.74, 6) is 1.42. The van der Waals surface area contributed by atoms with Crippen LogP contribution < -0.4 is 5.32 Å². The minimum Gasteiger partial charge on any atom is -0.350 e. The van der Waals surface area contributed by atoms with E-state index in [1.165, 1.54) is 5.56 Å². The lowest BCUT2D eigenvalue weighted by Gasteiger charge is -2.04. The third kappa shape index (κ3) is 7.08. The molecular weight excluding hydrogens is 254 g/mol. The fourth-order valence-electron chi connectivity index (χ4n) is 1.25. The van der Waals surface area contributed by atoms with Crippen LogP contribution in [0.1, 0.15) is 5.56 Å². The van der Waals surface area contributed by atoms with E-state index in [0.29, 0.717) is 17.3 Å². The van der Waals surface area contributed by atoms with Gasteiger partial charge in [0.1, 0.15) is 0 Å². The molecule has 1 amide bonds. The van der Waals surface area contributed by atoms with Crippen molar-refractivity contribution in [1.82, 2.24) is 5.32 Å². The van der Waals surface area contributed by atoms with Crippen molar-refractivity contribution in [3.8, 4) is 0 Å². The topological polar surface area (TPSA) is 29.1 Å². The van der Waals surface area contributed by atoms with Crippen LogP contribution in [-0.2, 0) is 11.2 Å². The summed E-state index contributed by atoms with van der Waals surface area (Å²) in [6.07, 6.45) is 0.987. The highest BCUT2D eigenvalue weighted by Crippen LogP contribution is 2.06. The quantitative estimate of drug-likeness (QED) is 0.772. The molecular formula is C13H16ClNOS. The lowest BCUT2D eigenvalue weighted by Crippen LogP contribution is -2.26. The lowest BCUT2D eigenvalue weighted by atomic mass is 10.2. The third-order valence-corrected chi connectivity index (χ3v) is 3.18. The van der Waals surface area contributed by atoms with Crippen LogP contribution >= 0.6 is 23.4 Å². The average Bonchev–Trinajstić information content (AvgIpc) is 2.33. The molecule has 0 saturated carbocycles. The Balaban J connectivity index is 2.08. The van der Waals surface area contributed by atoms with E-state index < -0.39 is 0 Å². The zero-order chi connectivity index (χ0) is 12.5. The molecule has 2 nitrogen and oxygen atoms in total. The van der Waals surface area contributed by atoms with Gasteiger partial charge in [-0.05, 0) is 17.7 Å². The van der Waals surface area contributed by atoms with Crippen LogP contribution in [-0.4, -0.2) is 24.0 Å². The first-order valence-corrected chi connectivity index (χ1v) is 6.93. The molecule has 17 heavy (non-hydrogen) atoms. The number of thioether (sulfide) groups is 1. The van der Waals surface area contributed by atoms with Crippen molar-refractivity contribution in [3.63, 3.8) is 0 Å². The number of benzene rings is 1. The Morgan fingerprint density at radius 2 is 2.06 bits per heavy atom.